The van der Waals surface area contributed by atoms with Gasteiger partial charge < -0.3 is 11.5 Å². The molecule has 0 spiro atoms. The molecule has 0 aliphatic rings. The molecular formula is C9H9F3N4. The molecule has 0 amide bonds. The standard InChI is InChI=1S/C9H9F3N4/c10-9(11,12)8(7(14)5-13)16-6-1-3-15-4-2-6/h1-5H,13-14H2. The lowest BCUT2D eigenvalue weighted by Crippen LogP contribution is -2.29. The van der Waals surface area contributed by atoms with Crippen LogP contribution in [0.3, 0.4) is 0 Å². The average molecular weight is 230 g/mol. The van der Waals surface area contributed by atoms with Crippen LogP contribution in [0.4, 0.5) is 18.9 Å². The molecular weight excluding hydrogens is 221 g/mol. The van der Waals surface area contributed by atoms with E-state index in [0.717, 1.165) is 0 Å². The van der Waals surface area contributed by atoms with E-state index >= 15 is 0 Å². The lowest BCUT2D eigenvalue weighted by Gasteiger charge is -2.10. The third-order valence-corrected chi connectivity index (χ3v) is 1.63. The van der Waals surface area contributed by atoms with Gasteiger partial charge in [-0.1, -0.05) is 0 Å². The number of nitrogens with two attached hydrogens (primary N) is 2. The van der Waals surface area contributed by atoms with Crippen molar-refractivity contribution in [3.05, 3.63) is 36.4 Å². The van der Waals surface area contributed by atoms with Crippen LogP contribution >= 0.6 is 0 Å². The molecule has 86 valence electrons. The summed E-state index contributed by atoms with van der Waals surface area (Å²) in [4.78, 5) is 7.04. The summed E-state index contributed by atoms with van der Waals surface area (Å²) in [5, 5.41) is 0. The lowest BCUT2D eigenvalue weighted by atomic mass is 10.2. The van der Waals surface area contributed by atoms with Crippen LogP contribution in [0.5, 0.6) is 0 Å². The van der Waals surface area contributed by atoms with Crippen molar-refractivity contribution < 1.29 is 13.2 Å². The number of hydrogen-bond donors (Lipinski definition) is 2. The van der Waals surface area contributed by atoms with Gasteiger partial charge in [0, 0.05) is 18.6 Å². The predicted molar refractivity (Wildman–Crippen MR) is 53.8 cm³/mol. The van der Waals surface area contributed by atoms with Gasteiger partial charge in [-0.2, -0.15) is 13.2 Å². The molecule has 0 aliphatic carbocycles. The number of aliphatic imine (C=N–C) groups is 1. The van der Waals surface area contributed by atoms with Crippen LogP contribution in [-0.2, 0) is 0 Å². The molecule has 0 aromatic carbocycles. The van der Waals surface area contributed by atoms with Gasteiger partial charge in [-0.25, -0.2) is 4.99 Å². The highest BCUT2D eigenvalue weighted by atomic mass is 19.4. The summed E-state index contributed by atoms with van der Waals surface area (Å²) in [6.07, 6.45) is -1.33. The Kier molecular flexibility index (Phi) is 3.49. The summed E-state index contributed by atoms with van der Waals surface area (Å²) >= 11 is 0. The summed E-state index contributed by atoms with van der Waals surface area (Å²) in [6, 6.07) is 2.66. The van der Waals surface area contributed by atoms with Gasteiger partial charge >= 0.3 is 6.18 Å². The maximum absolute atomic E-state index is 12.5. The van der Waals surface area contributed by atoms with Gasteiger partial charge in [-0.05, 0) is 12.1 Å². The molecule has 7 heteroatoms. The van der Waals surface area contributed by atoms with Crippen LogP contribution in [0.25, 0.3) is 0 Å². The van der Waals surface area contributed by atoms with Crippen molar-refractivity contribution >= 4 is 11.4 Å². The molecule has 1 aromatic rings. The summed E-state index contributed by atoms with van der Waals surface area (Å²) < 4.78 is 37.6. The number of nitrogens with zero attached hydrogens (tertiary/aromatic N) is 2. The van der Waals surface area contributed by atoms with Crippen LogP contribution in [0.1, 0.15) is 0 Å². The zero-order chi connectivity index (χ0) is 12.2. The van der Waals surface area contributed by atoms with E-state index < -0.39 is 17.6 Å². The first-order valence-electron chi connectivity index (χ1n) is 4.19. The van der Waals surface area contributed by atoms with Gasteiger partial charge in [-0.3, -0.25) is 4.98 Å². The van der Waals surface area contributed by atoms with E-state index in [2.05, 4.69) is 9.98 Å². The summed E-state index contributed by atoms with van der Waals surface area (Å²) in [5.41, 5.74) is 8.33. The molecule has 0 saturated carbocycles. The Morgan fingerprint density at radius 2 is 1.88 bits per heavy atom. The van der Waals surface area contributed by atoms with Crippen LogP contribution in [-0.4, -0.2) is 16.9 Å². The average Bonchev–Trinajstić information content (AvgIpc) is 2.25. The molecule has 1 heterocycles. The van der Waals surface area contributed by atoms with E-state index in [-0.39, 0.29) is 5.69 Å². The third-order valence-electron chi connectivity index (χ3n) is 1.63. The number of alkyl halides is 3. The Hall–Kier alpha value is -2.05. The molecule has 0 unspecified atom stereocenters. The fourth-order valence-electron chi connectivity index (χ4n) is 0.918. The highest BCUT2D eigenvalue weighted by Crippen LogP contribution is 2.23. The minimum atomic E-state index is -4.65. The quantitative estimate of drug-likeness (QED) is 0.755. The maximum atomic E-state index is 12.5. The van der Waals surface area contributed by atoms with Crippen LogP contribution in [0.15, 0.2) is 41.4 Å². The van der Waals surface area contributed by atoms with Gasteiger partial charge in [0.2, 0.25) is 0 Å². The molecule has 0 atom stereocenters. The van der Waals surface area contributed by atoms with Crippen molar-refractivity contribution in [2.75, 3.05) is 0 Å². The molecule has 0 bridgehead atoms. The SMILES string of the molecule is NC=C(N)C(=Nc1ccncc1)C(F)(F)F. The molecule has 4 N–H and O–H groups in total. The van der Waals surface area contributed by atoms with Crippen molar-refractivity contribution in [1.29, 1.82) is 0 Å². The largest absolute Gasteiger partial charge is 0.435 e. The van der Waals surface area contributed by atoms with Gasteiger partial charge in [-0.15, -0.1) is 0 Å². The number of aromatic nitrogens is 1. The highest BCUT2D eigenvalue weighted by molar-refractivity contribution is 6.04. The fourth-order valence-corrected chi connectivity index (χ4v) is 0.918. The Balaban J connectivity index is 3.18. The molecule has 4 nitrogen and oxygen atoms in total. The van der Waals surface area contributed by atoms with Crippen molar-refractivity contribution in [3.8, 4) is 0 Å². The number of hydrogen-bond acceptors (Lipinski definition) is 4. The van der Waals surface area contributed by atoms with Crippen molar-refractivity contribution in [1.82, 2.24) is 4.98 Å². The van der Waals surface area contributed by atoms with E-state index in [1.54, 1.807) is 0 Å². The van der Waals surface area contributed by atoms with Gasteiger partial charge in [0.25, 0.3) is 0 Å². The topological polar surface area (TPSA) is 77.3 Å². The first-order valence-corrected chi connectivity index (χ1v) is 4.19. The highest BCUT2D eigenvalue weighted by Gasteiger charge is 2.37. The second-order valence-electron chi connectivity index (χ2n) is 2.79. The molecule has 0 saturated heterocycles. The Morgan fingerprint density at radius 1 is 1.31 bits per heavy atom. The third kappa shape index (κ3) is 2.97. The normalized spacial score (nSPS) is 13.9. The van der Waals surface area contributed by atoms with E-state index in [0.29, 0.717) is 6.20 Å². The predicted octanol–water partition coefficient (Wildman–Crippen LogP) is 1.48. The van der Waals surface area contributed by atoms with Crippen LogP contribution in [0, 0.1) is 0 Å². The Labute approximate surface area is 89.5 Å². The monoisotopic (exact) mass is 230 g/mol. The van der Waals surface area contributed by atoms with E-state index in [1.165, 1.54) is 24.5 Å². The molecule has 0 radical (unpaired) electrons. The van der Waals surface area contributed by atoms with E-state index in [4.69, 9.17) is 11.5 Å². The summed E-state index contributed by atoms with van der Waals surface area (Å²) in [7, 11) is 0. The molecule has 1 aromatic heterocycles. The van der Waals surface area contributed by atoms with Crippen LogP contribution in [0.2, 0.25) is 0 Å². The molecule has 0 aliphatic heterocycles. The van der Waals surface area contributed by atoms with Crippen molar-refractivity contribution in [2.45, 2.75) is 6.18 Å². The fraction of sp³-hybridized carbons (Fsp3) is 0.111. The smallest absolute Gasteiger partial charge is 0.403 e. The van der Waals surface area contributed by atoms with E-state index in [1.807, 2.05) is 0 Å². The molecule has 1 rings (SSSR count). The number of allylic oxidation sites excluding steroid dienone is 1. The van der Waals surface area contributed by atoms with Crippen molar-refractivity contribution in [2.24, 2.45) is 16.5 Å². The van der Waals surface area contributed by atoms with E-state index in [9.17, 15) is 13.2 Å². The van der Waals surface area contributed by atoms with Gasteiger partial charge in [0.15, 0.2) is 5.71 Å². The minimum absolute atomic E-state index is 0.104. The summed E-state index contributed by atoms with van der Waals surface area (Å²) in [6.45, 7) is 0. The first kappa shape index (κ1) is 12.0. The Morgan fingerprint density at radius 3 is 2.31 bits per heavy atom. The molecule has 16 heavy (non-hydrogen) atoms. The van der Waals surface area contributed by atoms with Crippen LogP contribution < -0.4 is 11.5 Å². The second kappa shape index (κ2) is 4.65. The Bertz CT molecular complexity index is 409. The zero-order valence-corrected chi connectivity index (χ0v) is 8.07. The number of halogens is 3. The number of rotatable bonds is 2. The summed E-state index contributed by atoms with van der Waals surface area (Å²) in [5.74, 6) is 0. The molecule has 0 fully saturated rings. The van der Waals surface area contributed by atoms with Gasteiger partial charge in [0.05, 0.1) is 11.4 Å². The number of pyridine rings is 1. The first-order chi connectivity index (χ1) is 7.45. The van der Waals surface area contributed by atoms with Crippen molar-refractivity contribution in [3.63, 3.8) is 0 Å². The second-order valence-corrected chi connectivity index (χ2v) is 2.79. The zero-order valence-electron chi connectivity index (χ0n) is 8.07. The maximum Gasteiger partial charge on any atom is 0.435 e. The lowest BCUT2D eigenvalue weighted by molar-refractivity contribution is -0.0582. The van der Waals surface area contributed by atoms with Gasteiger partial charge in [0.1, 0.15) is 0 Å². The minimum Gasteiger partial charge on any atom is -0.403 e.